The molecule has 1 aliphatic heterocycles. The molecule has 0 radical (unpaired) electrons. The van der Waals surface area contributed by atoms with Gasteiger partial charge in [-0.25, -0.2) is 0 Å². The summed E-state index contributed by atoms with van der Waals surface area (Å²) in [4.78, 5) is 36.8. The molecule has 0 atom stereocenters. The van der Waals surface area contributed by atoms with Gasteiger partial charge < -0.3 is 4.74 Å². The van der Waals surface area contributed by atoms with Gasteiger partial charge in [0.1, 0.15) is 6.54 Å². The first-order chi connectivity index (χ1) is 10.4. The molecule has 1 heterocycles. The number of esters is 1. The summed E-state index contributed by atoms with van der Waals surface area (Å²) in [7, 11) is 0. The highest BCUT2D eigenvalue weighted by Crippen LogP contribution is 2.33. The fourth-order valence-corrected chi connectivity index (χ4v) is 2.82. The van der Waals surface area contributed by atoms with Crippen molar-refractivity contribution in [3.63, 3.8) is 0 Å². The molecule has 2 rings (SSSR count). The fourth-order valence-electron chi connectivity index (χ4n) is 1.80. The highest BCUT2D eigenvalue weighted by molar-refractivity contribution is 8.18. The van der Waals surface area contributed by atoms with Crippen LogP contribution in [0.4, 0.5) is 4.79 Å². The SMILES string of the molecule is CC(C)OC(=O)CN1C(=O)S/C(=C\c2ccccc2Cl)C1=O. The molecule has 7 heteroatoms. The van der Waals surface area contributed by atoms with Crippen molar-refractivity contribution >= 4 is 46.6 Å². The standard InChI is InChI=1S/C15H14ClNO4S/c1-9(2)21-13(18)8-17-14(19)12(22-15(17)20)7-10-5-3-4-6-11(10)16/h3-7,9H,8H2,1-2H3/b12-7-. The number of rotatable bonds is 4. The topological polar surface area (TPSA) is 63.7 Å². The minimum absolute atomic E-state index is 0.232. The van der Waals surface area contributed by atoms with Crippen LogP contribution in [0.3, 0.4) is 0 Å². The number of hydrogen-bond donors (Lipinski definition) is 0. The van der Waals surface area contributed by atoms with E-state index in [0.29, 0.717) is 10.6 Å². The lowest BCUT2D eigenvalue weighted by Gasteiger charge is -2.13. The molecule has 0 bridgehead atoms. The van der Waals surface area contributed by atoms with Gasteiger partial charge >= 0.3 is 5.97 Å². The molecule has 1 aromatic carbocycles. The number of nitrogens with zero attached hydrogens (tertiary/aromatic N) is 1. The van der Waals surface area contributed by atoms with Crippen LogP contribution < -0.4 is 0 Å². The summed E-state index contributed by atoms with van der Waals surface area (Å²) in [5, 5.41) is -0.0162. The van der Waals surface area contributed by atoms with Gasteiger partial charge in [0, 0.05) is 5.02 Å². The third kappa shape index (κ3) is 3.90. The van der Waals surface area contributed by atoms with Crippen molar-refractivity contribution in [1.82, 2.24) is 4.90 Å². The molecule has 2 amide bonds. The van der Waals surface area contributed by atoms with E-state index in [4.69, 9.17) is 16.3 Å². The highest BCUT2D eigenvalue weighted by atomic mass is 35.5. The molecule has 1 aromatic rings. The number of thioether (sulfide) groups is 1. The van der Waals surface area contributed by atoms with Crippen molar-refractivity contribution in [3.8, 4) is 0 Å². The van der Waals surface area contributed by atoms with E-state index in [-0.39, 0.29) is 17.6 Å². The first-order valence-corrected chi connectivity index (χ1v) is 7.77. The first-order valence-electron chi connectivity index (χ1n) is 6.58. The van der Waals surface area contributed by atoms with Gasteiger partial charge in [0.25, 0.3) is 11.1 Å². The molecule has 0 aliphatic carbocycles. The van der Waals surface area contributed by atoms with Gasteiger partial charge in [-0.05, 0) is 43.3 Å². The normalized spacial score (nSPS) is 16.7. The molecule has 0 spiro atoms. The largest absolute Gasteiger partial charge is 0.462 e. The van der Waals surface area contributed by atoms with Crippen LogP contribution in [-0.2, 0) is 14.3 Å². The molecule has 5 nitrogen and oxygen atoms in total. The zero-order valence-electron chi connectivity index (χ0n) is 12.0. The lowest BCUT2D eigenvalue weighted by Crippen LogP contribution is -2.35. The van der Waals surface area contributed by atoms with Crippen LogP contribution >= 0.6 is 23.4 Å². The average Bonchev–Trinajstić information content (AvgIpc) is 2.68. The molecular formula is C15H14ClNO4S. The van der Waals surface area contributed by atoms with Crippen LogP contribution in [0, 0.1) is 0 Å². The Morgan fingerprint density at radius 2 is 2.05 bits per heavy atom. The monoisotopic (exact) mass is 339 g/mol. The smallest absolute Gasteiger partial charge is 0.326 e. The third-order valence-corrected chi connectivity index (χ3v) is 3.97. The maximum absolute atomic E-state index is 12.2. The van der Waals surface area contributed by atoms with Crippen molar-refractivity contribution in [3.05, 3.63) is 39.8 Å². The third-order valence-electron chi connectivity index (χ3n) is 2.72. The van der Waals surface area contributed by atoms with Crippen LogP contribution in [-0.4, -0.2) is 34.7 Å². The summed E-state index contributed by atoms with van der Waals surface area (Å²) in [5.41, 5.74) is 0.638. The van der Waals surface area contributed by atoms with Crippen molar-refractivity contribution in [2.75, 3.05) is 6.54 Å². The number of ether oxygens (including phenoxy) is 1. The number of benzene rings is 1. The van der Waals surface area contributed by atoms with E-state index in [2.05, 4.69) is 0 Å². The van der Waals surface area contributed by atoms with Crippen LogP contribution in [0.1, 0.15) is 19.4 Å². The molecule has 1 fully saturated rings. The zero-order chi connectivity index (χ0) is 16.3. The van der Waals surface area contributed by atoms with Gasteiger partial charge in [-0.3, -0.25) is 19.3 Å². The highest BCUT2D eigenvalue weighted by Gasteiger charge is 2.36. The lowest BCUT2D eigenvalue weighted by atomic mass is 10.2. The molecule has 0 N–H and O–H groups in total. The second-order valence-corrected chi connectivity index (χ2v) is 6.23. The fraction of sp³-hybridized carbons (Fsp3) is 0.267. The van der Waals surface area contributed by atoms with E-state index in [1.165, 1.54) is 0 Å². The van der Waals surface area contributed by atoms with Gasteiger partial charge in [-0.2, -0.15) is 0 Å². The predicted octanol–water partition coefficient (Wildman–Crippen LogP) is 3.33. The van der Waals surface area contributed by atoms with Gasteiger partial charge in [0.2, 0.25) is 0 Å². The quantitative estimate of drug-likeness (QED) is 0.622. The van der Waals surface area contributed by atoms with Crippen molar-refractivity contribution in [2.45, 2.75) is 20.0 Å². The molecule has 116 valence electrons. The maximum atomic E-state index is 12.2. The van der Waals surface area contributed by atoms with E-state index < -0.39 is 17.1 Å². The van der Waals surface area contributed by atoms with Gasteiger partial charge in [-0.15, -0.1) is 0 Å². The van der Waals surface area contributed by atoms with Crippen LogP contribution in [0.5, 0.6) is 0 Å². The number of imide groups is 1. The van der Waals surface area contributed by atoms with Crippen LogP contribution in [0.15, 0.2) is 29.2 Å². The van der Waals surface area contributed by atoms with Gasteiger partial charge in [0.05, 0.1) is 11.0 Å². The Balaban J connectivity index is 2.15. The van der Waals surface area contributed by atoms with Gasteiger partial charge in [-0.1, -0.05) is 29.8 Å². The summed E-state index contributed by atoms with van der Waals surface area (Å²) >= 11 is 6.81. The average molecular weight is 340 g/mol. The number of carbonyl (C=O) groups excluding carboxylic acids is 3. The van der Waals surface area contributed by atoms with E-state index >= 15 is 0 Å². The number of hydrogen-bond acceptors (Lipinski definition) is 5. The van der Waals surface area contributed by atoms with Crippen LogP contribution in [0.25, 0.3) is 6.08 Å². The Morgan fingerprint density at radius 3 is 2.68 bits per heavy atom. The summed E-state index contributed by atoms with van der Waals surface area (Å²) in [6.07, 6.45) is 1.24. The van der Waals surface area contributed by atoms with Crippen LogP contribution in [0.2, 0.25) is 5.02 Å². The first kappa shape index (κ1) is 16.6. The van der Waals surface area contributed by atoms with E-state index in [9.17, 15) is 14.4 Å². The van der Waals surface area contributed by atoms with E-state index in [0.717, 1.165) is 16.7 Å². The van der Waals surface area contributed by atoms with E-state index in [1.807, 2.05) is 0 Å². The molecular weight excluding hydrogens is 326 g/mol. The molecule has 22 heavy (non-hydrogen) atoms. The Hall–Kier alpha value is -1.79. The summed E-state index contributed by atoms with van der Waals surface area (Å²) in [6, 6.07) is 6.98. The number of amides is 2. The van der Waals surface area contributed by atoms with Crippen molar-refractivity contribution in [1.29, 1.82) is 0 Å². The van der Waals surface area contributed by atoms with Gasteiger partial charge in [0.15, 0.2) is 0 Å². The summed E-state index contributed by atoms with van der Waals surface area (Å²) < 4.78 is 4.95. The van der Waals surface area contributed by atoms with E-state index in [1.54, 1.807) is 44.2 Å². The molecule has 1 aliphatic rings. The molecule has 1 saturated heterocycles. The molecule has 0 saturated carbocycles. The van der Waals surface area contributed by atoms with Crippen molar-refractivity contribution in [2.24, 2.45) is 0 Å². The Kier molecular flexibility index (Phi) is 5.26. The predicted molar refractivity (Wildman–Crippen MR) is 85.4 cm³/mol. The zero-order valence-corrected chi connectivity index (χ0v) is 13.6. The van der Waals surface area contributed by atoms with Crippen molar-refractivity contribution < 1.29 is 19.1 Å². The summed E-state index contributed by atoms with van der Waals surface area (Å²) in [5.74, 6) is -1.13. The second-order valence-electron chi connectivity index (χ2n) is 4.83. The summed E-state index contributed by atoms with van der Waals surface area (Å²) in [6.45, 7) is 3.01. The molecule has 0 unspecified atom stereocenters. The molecule has 0 aromatic heterocycles. The minimum Gasteiger partial charge on any atom is -0.462 e. The maximum Gasteiger partial charge on any atom is 0.326 e. The Labute approximate surface area is 137 Å². The number of carbonyl (C=O) groups is 3. The lowest BCUT2D eigenvalue weighted by molar-refractivity contribution is -0.149. The second kappa shape index (κ2) is 6.98. The minimum atomic E-state index is -0.615. The Bertz CT molecular complexity index is 657. The Morgan fingerprint density at radius 1 is 1.36 bits per heavy atom. The number of halogens is 1.